The second kappa shape index (κ2) is 6.45. The number of primary amides is 1. The zero-order valence-corrected chi connectivity index (χ0v) is 11.9. The quantitative estimate of drug-likeness (QED) is 0.848. The van der Waals surface area contributed by atoms with Crippen LogP contribution in [0.2, 0.25) is 0 Å². The van der Waals surface area contributed by atoms with Crippen LogP contribution in [0.15, 0.2) is 59.5 Å². The number of carbonyl (C=O) groups is 1. The molecular formula is C15H16N2O2S. The second-order valence-electron chi connectivity index (χ2n) is 4.41. The van der Waals surface area contributed by atoms with Gasteiger partial charge in [0.25, 0.3) is 0 Å². The van der Waals surface area contributed by atoms with E-state index < -0.39 is 22.6 Å². The zero-order valence-electron chi connectivity index (χ0n) is 11.1. The molecule has 0 heterocycles. The molecule has 20 heavy (non-hydrogen) atoms. The van der Waals surface area contributed by atoms with E-state index in [4.69, 9.17) is 5.73 Å². The number of hydrogen-bond acceptors (Lipinski definition) is 2. The predicted molar refractivity (Wildman–Crippen MR) is 79.5 cm³/mol. The van der Waals surface area contributed by atoms with Crippen molar-refractivity contribution in [3.8, 4) is 0 Å². The molecule has 0 saturated heterocycles. The minimum Gasteiger partial charge on any atom is -0.610 e. The van der Waals surface area contributed by atoms with Gasteiger partial charge in [-0.25, -0.2) is 4.79 Å². The number of carbonyl (C=O) groups excluding carboxylic acids is 1. The fourth-order valence-electron chi connectivity index (χ4n) is 1.83. The highest BCUT2D eigenvalue weighted by atomic mass is 32.2. The molecule has 2 aromatic carbocycles. The number of nitrogens with two attached hydrogens (primary N) is 1. The van der Waals surface area contributed by atoms with Gasteiger partial charge in [-0.2, -0.15) is 0 Å². The summed E-state index contributed by atoms with van der Waals surface area (Å²) in [6.45, 7) is 1.96. The highest BCUT2D eigenvalue weighted by Crippen LogP contribution is 2.26. The van der Waals surface area contributed by atoms with E-state index in [1.807, 2.05) is 49.4 Å². The summed E-state index contributed by atoms with van der Waals surface area (Å²) in [5.41, 5.74) is 7.03. The van der Waals surface area contributed by atoms with Gasteiger partial charge >= 0.3 is 6.03 Å². The summed E-state index contributed by atoms with van der Waals surface area (Å²) in [5, 5.41) is 1.89. The molecule has 0 aliphatic rings. The summed E-state index contributed by atoms with van der Waals surface area (Å²) in [5.74, 6) is 0. The molecule has 5 heteroatoms. The van der Waals surface area contributed by atoms with Crippen molar-refractivity contribution in [2.45, 2.75) is 17.2 Å². The first-order chi connectivity index (χ1) is 9.58. The van der Waals surface area contributed by atoms with E-state index in [2.05, 4.69) is 5.32 Å². The maximum Gasteiger partial charge on any atom is 0.316 e. The van der Waals surface area contributed by atoms with Crippen molar-refractivity contribution >= 4 is 17.2 Å². The van der Waals surface area contributed by atoms with Crippen LogP contribution in [0.25, 0.3) is 0 Å². The molecule has 4 nitrogen and oxygen atoms in total. The Labute approximate surface area is 121 Å². The minimum absolute atomic E-state index is 0.651. The lowest BCUT2D eigenvalue weighted by Gasteiger charge is -2.21. The normalized spacial score (nSPS) is 13.5. The Kier molecular flexibility index (Phi) is 4.65. The fraction of sp³-hybridized carbons (Fsp3) is 0.133. The van der Waals surface area contributed by atoms with Crippen molar-refractivity contribution in [1.29, 1.82) is 0 Å². The summed E-state index contributed by atoms with van der Waals surface area (Å²) < 4.78 is 12.6. The maximum absolute atomic E-state index is 12.6. The van der Waals surface area contributed by atoms with Gasteiger partial charge < -0.3 is 10.3 Å². The van der Waals surface area contributed by atoms with Gasteiger partial charge in [0.2, 0.25) is 5.37 Å². The van der Waals surface area contributed by atoms with Crippen LogP contribution in [0.5, 0.6) is 0 Å². The van der Waals surface area contributed by atoms with Crippen LogP contribution in [-0.4, -0.2) is 10.6 Å². The third-order valence-electron chi connectivity index (χ3n) is 2.84. The number of aryl methyl sites for hydroxylation is 1. The Morgan fingerprint density at radius 3 is 2.30 bits per heavy atom. The van der Waals surface area contributed by atoms with E-state index in [-0.39, 0.29) is 0 Å². The third-order valence-corrected chi connectivity index (χ3v) is 4.40. The van der Waals surface area contributed by atoms with Crippen molar-refractivity contribution in [2.24, 2.45) is 5.73 Å². The average Bonchev–Trinajstić information content (AvgIpc) is 2.45. The van der Waals surface area contributed by atoms with Crippen molar-refractivity contribution in [3.63, 3.8) is 0 Å². The molecule has 104 valence electrons. The first kappa shape index (κ1) is 14.4. The van der Waals surface area contributed by atoms with E-state index >= 15 is 0 Å². The molecule has 2 rings (SSSR count). The number of amides is 2. The lowest BCUT2D eigenvalue weighted by Crippen LogP contribution is -2.37. The van der Waals surface area contributed by atoms with Gasteiger partial charge in [0, 0.05) is 16.7 Å². The van der Waals surface area contributed by atoms with Crippen molar-refractivity contribution < 1.29 is 9.35 Å². The highest BCUT2D eigenvalue weighted by molar-refractivity contribution is 7.91. The van der Waals surface area contributed by atoms with E-state index in [9.17, 15) is 9.35 Å². The number of rotatable bonds is 4. The molecule has 0 aromatic heterocycles. The van der Waals surface area contributed by atoms with Crippen molar-refractivity contribution in [3.05, 3.63) is 65.7 Å². The van der Waals surface area contributed by atoms with E-state index in [1.165, 1.54) is 0 Å². The molecule has 0 fully saturated rings. The Morgan fingerprint density at radius 2 is 1.75 bits per heavy atom. The van der Waals surface area contributed by atoms with Gasteiger partial charge in [-0.05, 0) is 19.1 Å². The lowest BCUT2D eigenvalue weighted by atomic mass is 10.2. The zero-order chi connectivity index (χ0) is 14.5. The van der Waals surface area contributed by atoms with Gasteiger partial charge in [0.05, 0.1) is 0 Å². The molecule has 2 atom stereocenters. The summed E-state index contributed by atoms with van der Waals surface area (Å²) in [4.78, 5) is 11.8. The molecule has 0 spiro atoms. The molecule has 3 N–H and O–H groups in total. The smallest absolute Gasteiger partial charge is 0.316 e. The standard InChI is InChI=1S/C15H16N2O2S/c1-11-7-9-13(10-8-11)20(19)14(17-15(16)18)12-5-3-2-4-6-12/h2-10,14H,1H3,(H3,16,17,18). The van der Waals surface area contributed by atoms with Crippen LogP contribution in [0.3, 0.4) is 0 Å². The number of hydrogen-bond donors (Lipinski definition) is 2. The van der Waals surface area contributed by atoms with Crippen LogP contribution in [0.4, 0.5) is 4.79 Å². The molecular weight excluding hydrogens is 272 g/mol. The molecule has 2 unspecified atom stereocenters. The first-order valence-corrected chi connectivity index (χ1v) is 7.37. The molecule has 0 aliphatic carbocycles. The Morgan fingerprint density at radius 1 is 1.15 bits per heavy atom. The predicted octanol–water partition coefficient (Wildman–Crippen LogP) is 2.47. The first-order valence-electron chi connectivity index (χ1n) is 6.16. The Hall–Kier alpha value is -1.98. The topological polar surface area (TPSA) is 78.2 Å². The van der Waals surface area contributed by atoms with Gasteiger partial charge in [0.1, 0.15) is 0 Å². The summed E-state index contributed by atoms with van der Waals surface area (Å²) in [6.07, 6.45) is 0. The van der Waals surface area contributed by atoms with Crippen LogP contribution in [-0.2, 0) is 11.2 Å². The van der Waals surface area contributed by atoms with Crippen LogP contribution < -0.4 is 11.1 Å². The Balaban J connectivity index is 2.31. The lowest BCUT2D eigenvalue weighted by molar-refractivity contribution is 0.248. The minimum atomic E-state index is -1.41. The molecule has 0 aliphatic heterocycles. The molecule has 2 aromatic rings. The fourth-order valence-corrected chi connectivity index (χ4v) is 3.13. The van der Waals surface area contributed by atoms with Crippen molar-refractivity contribution in [2.75, 3.05) is 0 Å². The van der Waals surface area contributed by atoms with Gasteiger partial charge in [-0.15, -0.1) is 0 Å². The van der Waals surface area contributed by atoms with Gasteiger partial charge in [0.15, 0.2) is 4.90 Å². The van der Waals surface area contributed by atoms with Crippen LogP contribution >= 0.6 is 0 Å². The third kappa shape index (κ3) is 3.53. The average molecular weight is 288 g/mol. The largest absolute Gasteiger partial charge is 0.610 e. The van der Waals surface area contributed by atoms with Crippen LogP contribution in [0, 0.1) is 6.92 Å². The van der Waals surface area contributed by atoms with Crippen LogP contribution in [0.1, 0.15) is 16.5 Å². The van der Waals surface area contributed by atoms with Crippen molar-refractivity contribution in [1.82, 2.24) is 5.32 Å². The van der Waals surface area contributed by atoms with E-state index in [0.29, 0.717) is 4.90 Å². The number of benzene rings is 2. The maximum atomic E-state index is 12.6. The molecule has 0 bridgehead atoms. The second-order valence-corrected chi connectivity index (χ2v) is 5.95. The summed E-state index contributed by atoms with van der Waals surface area (Å²) >= 11 is -1.41. The number of nitrogens with one attached hydrogen (secondary N) is 1. The molecule has 2 amide bonds. The Bertz CT molecular complexity index is 572. The molecule has 0 saturated carbocycles. The SMILES string of the molecule is Cc1ccc([S+]([O-])C(NC(N)=O)c2ccccc2)cc1. The summed E-state index contributed by atoms with van der Waals surface area (Å²) in [6, 6.07) is 15.8. The summed E-state index contributed by atoms with van der Waals surface area (Å²) in [7, 11) is 0. The monoisotopic (exact) mass is 288 g/mol. The van der Waals surface area contributed by atoms with Gasteiger partial charge in [-0.1, -0.05) is 48.0 Å². The van der Waals surface area contributed by atoms with E-state index in [0.717, 1.165) is 11.1 Å². The molecule has 0 radical (unpaired) electrons. The highest BCUT2D eigenvalue weighted by Gasteiger charge is 2.27. The number of urea groups is 1. The van der Waals surface area contributed by atoms with Gasteiger partial charge in [-0.3, -0.25) is 5.32 Å². The van der Waals surface area contributed by atoms with E-state index in [1.54, 1.807) is 12.1 Å².